The van der Waals surface area contributed by atoms with Crippen molar-refractivity contribution in [1.29, 1.82) is 0 Å². The van der Waals surface area contributed by atoms with Gasteiger partial charge in [0.1, 0.15) is 11.4 Å². The maximum absolute atomic E-state index is 12.5. The number of nitrogens with one attached hydrogen (secondary N) is 1. The highest BCUT2D eigenvalue weighted by Gasteiger charge is 2.34. The molecule has 0 radical (unpaired) electrons. The summed E-state index contributed by atoms with van der Waals surface area (Å²) in [7, 11) is 0. The van der Waals surface area contributed by atoms with E-state index in [1.807, 2.05) is 0 Å². The third-order valence-electron chi connectivity index (χ3n) is 4.14. The molecule has 3 heterocycles. The van der Waals surface area contributed by atoms with Crippen LogP contribution >= 0.6 is 23.5 Å². The fourth-order valence-electron chi connectivity index (χ4n) is 2.61. The highest BCUT2D eigenvalue weighted by Crippen LogP contribution is 2.31. The average molecular weight is 489 g/mol. The van der Waals surface area contributed by atoms with E-state index < -0.39 is 17.1 Å². The third-order valence-corrected chi connectivity index (χ3v) is 5.91. The van der Waals surface area contributed by atoms with Crippen LogP contribution in [0, 0.1) is 0 Å². The van der Waals surface area contributed by atoms with Gasteiger partial charge in [-0.3, -0.25) is 24.3 Å². The van der Waals surface area contributed by atoms with Crippen LogP contribution in [0.1, 0.15) is 22.8 Å². The van der Waals surface area contributed by atoms with Crippen LogP contribution in [0.3, 0.4) is 0 Å². The Bertz CT molecular complexity index is 1100. The van der Waals surface area contributed by atoms with Crippen LogP contribution in [0.4, 0.5) is 10.6 Å². The van der Waals surface area contributed by atoms with Gasteiger partial charge in [0.05, 0.1) is 17.3 Å². The first kappa shape index (κ1) is 24.2. The van der Waals surface area contributed by atoms with Crippen molar-refractivity contribution >= 4 is 58.4 Å². The largest absolute Gasteiger partial charge is 0.462 e. The van der Waals surface area contributed by atoms with E-state index in [-0.39, 0.29) is 47.9 Å². The van der Waals surface area contributed by atoms with Crippen molar-refractivity contribution in [2.45, 2.75) is 12.1 Å². The molecule has 2 aromatic heterocycles. The summed E-state index contributed by atoms with van der Waals surface area (Å²) in [6, 6.07) is 3.51. The first-order valence-corrected chi connectivity index (χ1v) is 11.5. The van der Waals surface area contributed by atoms with Gasteiger partial charge in [-0.1, -0.05) is 17.8 Å². The minimum Gasteiger partial charge on any atom is -0.462 e. The summed E-state index contributed by atoms with van der Waals surface area (Å²) >= 11 is 1.87. The zero-order valence-electron chi connectivity index (χ0n) is 17.5. The zero-order valence-corrected chi connectivity index (χ0v) is 19.1. The molecule has 1 saturated heterocycles. The molecule has 1 aliphatic rings. The standard InChI is InChI=1S/C20H20N6O5S2/c1-2-31-18(29)13-10-24-19(25-16(13)21)32-11-15(27)23-6-7-26-17(28)14(33-20(26)30)8-12-4-3-5-22-9-12/h3-5,8-10H,2,6-7,11H2,1H3,(H,23,27)(H2,21,24,25)/b14-8-. The number of anilines is 1. The number of ether oxygens (including phenoxy) is 1. The Morgan fingerprint density at radius 3 is 2.85 bits per heavy atom. The van der Waals surface area contributed by atoms with Crippen molar-refractivity contribution in [3.63, 3.8) is 0 Å². The fraction of sp³-hybridized carbons (Fsp3) is 0.250. The molecule has 0 aliphatic carbocycles. The normalized spacial score (nSPS) is 14.6. The number of rotatable bonds is 9. The number of aromatic nitrogens is 3. The number of pyridine rings is 1. The van der Waals surface area contributed by atoms with E-state index in [1.54, 1.807) is 37.5 Å². The lowest BCUT2D eigenvalue weighted by Crippen LogP contribution is -2.37. The predicted molar refractivity (Wildman–Crippen MR) is 123 cm³/mol. The molecule has 0 saturated carbocycles. The number of hydrogen-bond donors (Lipinski definition) is 2. The summed E-state index contributed by atoms with van der Waals surface area (Å²) in [4.78, 5) is 61.8. The van der Waals surface area contributed by atoms with Gasteiger partial charge >= 0.3 is 5.97 Å². The molecule has 0 atom stereocenters. The van der Waals surface area contributed by atoms with Gasteiger partial charge in [-0.25, -0.2) is 14.8 Å². The zero-order chi connectivity index (χ0) is 23.8. The number of amides is 3. The van der Waals surface area contributed by atoms with Crippen molar-refractivity contribution in [1.82, 2.24) is 25.2 Å². The quantitative estimate of drug-likeness (QED) is 0.228. The number of carbonyl (C=O) groups is 4. The lowest BCUT2D eigenvalue weighted by Gasteiger charge is -2.12. The number of carbonyl (C=O) groups excluding carboxylic acids is 4. The molecule has 2 aromatic rings. The minimum absolute atomic E-state index is 0.0129. The smallest absolute Gasteiger partial charge is 0.343 e. The van der Waals surface area contributed by atoms with Gasteiger partial charge in [-0.15, -0.1) is 0 Å². The SMILES string of the molecule is CCOC(=O)c1cnc(SCC(=O)NCCN2C(=O)S/C(=C\c3cccnc3)C2=O)nc1N. The van der Waals surface area contributed by atoms with E-state index in [2.05, 4.69) is 20.3 Å². The van der Waals surface area contributed by atoms with Gasteiger partial charge in [-0.2, -0.15) is 0 Å². The topological polar surface area (TPSA) is 157 Å². The first-order chi connectivity index (χ1) is 15.9. The molecule has 0 bridgehead atoms. The summed E-state index contributed by atoms with van der Waals surface area (Å²) in [5.41, 5.74) is 6.52. The molecule has 0 aromatic carbocycles. The van der Waals surface area contributed by atoms with Gasteiger partial charge in [-0.05, 0) is 36.4 Å². The molecule has 3 N–H and O–H groups in total. The molecule has 0 unspecified atom stereocenters. The van der Waals surface area contributed by atoms with E-state index in [1.165, 1.54) is 6.20 Å². The molecule has 3 amide bonds. The number of imide groups is 1. The Morgan fingerprint density at radius 2 is 2.15 bits per heavy atom. The predicted octanol–water partition coefficient (Wildman–Crippen LogP) is 1.58. The van der Waals surface area contributed by atoms with Crippen molar-refractivity contribution in [3.05, 3.63) is 46.8 Å². The Labute approximate surface area is 197 Å². The molecule has 3 rings (SSSR count). The molecular weight excluding hydrogens is 468 g/mol. The Balaban J connectivity index is 1.45. The number of nitrogens with two attached hydrogens (primary N) is 1. The summed E-state index contributed by atoms with van der Waals surface area (Å²) < 4.78 is 4.86. The van der Waals surface area contributed by atoms with E-state index in [4.69, 9.17) is 10.5 Å². The molecule has 13 heteroatoms. The summed E-state index contributed by atoms with van der Waals surface area (Å²) in [6.07, 6.45) is 6.06. The second-order valence-corrected chi connectivity index (χ2v) is 8.37. The highest BCUT2D eigenvalue weighted by atomic mass is 32.2. The van der Waals surface area contributed by atoms with Crippen LogP contribution in [0.25, 0.3) is 6.08 Å². The molecule has 1 fully saturated rings. The van der Waals surface area contributed by atoms with Crippen LogP contribution in [-0.4, -0.2) is 68.3 Å². The number of thioether (sulfide) groups is 2. The lowest BCUT2D eigenvalue weighted by molar-refractivity contribution is -0.123. The number of nitrogens with zero attached hydrogens (tertiary/aromatic N) is 4. The molecule has 0 spiro atoms. The van der Waals surface area contributed by atoms with E-state index in [0.717, 1.165) is 28.4 Å². The molecular formula is C20H20N6O5S2. The van der Waals surface area contributed by atoms with Crippen molar-refractivity contribution in [2.24, 2.45) is 0 Å². The molecule has 1 aliphatic heterocycles. The fourth-order valence-corrected chi connectivity index (χ4v) is 4.12. The van der Waals surface area contributed by atoms with E-state index in [9.17, 15) is 19.2 Å². The highest BCUT2D eigenvalue weighted by molar-refractivity contribution is 8.18. The summed E-state index contributed by atoms with van der Waals surface area (Å²) in [5.74, 6) is -1.42. The van der Waals surface area contributed by atoms with Gasteiger partial charge in [0.2, 0.25) is 5.91 Å². The number of nitrogen functional groups attached to an aromatic ring is 1. The maximum Gasteiger partial charge on any atom is 0.343 e. The van der Waals surface area contributed by atoms with Crippen molar-refractivity contribution in [2.75, 3.05) is 31.2 Å². The van der Waals surface area contributed by atoms with Gasteiger partial charge in [0.15, 0.2) is 5.16 Å². The van der Waals surface area contributed by atoms with Crippen LogP contribution in [-0.2, 0) is 14.3 Å². The van der Waals surface area contributed by atoms with Gasteiger partial charge in [0, 0.05) is 31.7 Å². The molecule has 11 nitrogen and oxygen atoms in total. The number of hydrogen-bond acceptors (Lipinski definition) is 11. The van der Waals surface area contributed by atoms with Gasteiger partial charge < -0.3 is 15.8 Å². The summed E-state index contributed by atoms with van der Waals surface area (Å²) in [5, 5.41) is 2.47. The van der Waals surface area contributed by atoms with Crippen LogP contribution < -0.4 is 11.1 Å². The second kappa shape index (κ2) is 11.4. The lowest BCUT2D eigenvalue weighted by atomic mass is 10.2. The average Bonchev–Trinajstić information content (AvgIpc) is 3.06. The Hall–Kier alpha value is -3.45. The molecule has 33 heavy (non-hydrogen) atoms. The van der Waals surface area contributed by atoms with Crippen LogP contribution in [0.2, 0.25) is 0 Å². The van der Waals surface area contributed by atoms with E-state index in [0.29, 0.717) is 10.5 Å². The van der Waals surface area contributed by atoms with Crippen molar-refractivity contribution in [3.8, 4) is 0 Å². The minimum atomic E-state index is -0.619. The summed E-state index contributed by atoms with van der Waals surface area (Å²) in [6.45, 7) is 2.01. The number of esters is 1. The first-order valence-electron chi connectivity index (χ1n) is 9.73. The Kier molecular flexibility index (Phi) is 8.38. The van der Waals surface area contributed by atoms with E-state index >= 15 is 0 Å². The van der Waals surface area contributed by atoms with Crippen LogP contribution in [0.15, 0.2) is 40.8 Å². The molecule has 172 valence electrons. The van der Waals surface area contributed by atoms with Crippen LogP contribution in [0.5, 0.6) is 0 Å². The monoisotopic (exact) mass is 488 g/mol. The maximum atomic E-state index is 12.5. The van der Waals surface area contributed by atoms with Crippen molar-refractivity contribution < 1.29 is 23.9 Å². The Morgan fingerprint density at radius 1 is 1.33 bits per heavy atom. The third kappa shape index (κ3) is 6.52. The second-order valence-electron chi connectivity index (χ2n) is 6.43. The van der Waals surface area contributed by atoms with Gasteiger partial charge in [0.25, 0.3) is 11.1 Å².